The highest BCUT2D eigenvalue weighted by molar-refractivity contribution is 5.87. The molecule has 0 aliphatic carbocycles. The van der Waals surface area contributed by atoms with Gasteiger partial charge in [0, 0.05) is 18.2 Å². The van der Waals surface area contributed by atoms with Gasteiger partial charge in [0.15, 0.2) is 17.3 Å². The number of phenols is 3. The van der Waals surface area contributed by atoms with Crippen molar-refractivity contribution in [2.45, 2.75) is 98.2 Å². The molecule has 3 aromatic carbocycles. The van der Waals surface area contributed by atoms with Crippen molar-refractivity contribution < 1.29 is 114 Å². The van der Waals surface area contributed by atoms with E-state index >= 15 is 0 Å². The van der Waals surface area contributed by atoms with Crippen molar-refractivity contribution in [2.24, 2.45) is 0 Å². The molecule has 0 radical (unpaired) electrons. The molecule has 16 unspecified atom stereocenters. The van der Waals surface area contributed by atoms with Gasteiger partial charge in [-0.1, -0.05) is 6.07 Å². The van der Waals surface area contributed by atoms with Gasteiger partial charge in [0.05, 0.1) is 24.8 Å². The monoisotopic (exact) mass is 921 g/mol. The van der Waals surface area contributed by atoms with Gasteiger partial charge in [-0.05, 0) is 48.0 Å². The number of benzene rings is 3. The van der Waals surface area contributed by atoms with Gasteiger partial charge < -0.3 is 109 Å². The van der Waals surface area contributed by atoms with Crippen LogP contribution in [0.15, 0.2) is 66.4 Å². The van der Waals surface area contributed by atoms with Crippen LogP contribution in [0.25, 0.3) is 12.2 Å². The van der Waals surface area contributed by atoms with Gasteiger partial charge in [-0.3, -0.25) is 0 Å². The second-order valence-corrected chi connectivity index (χ2v) is 15.5. The lowest BCUT2D eigenvalue weighted by molar-refractivity contribution is -0.296. The molecule has 3 fully saturated rings. The number of carbonyl (C=O) groups is 1. The topological polar surface area (TPSA) is 378 Å². The van der Waals surface area contributed by atoms with E-state index in [1.165, 1.54) is 60.7 Å². The maximum atomic E-state index is 12.9. The summed E-state index contributed by atoms with van der Waals surface area (Å²) in [5.74, 6) is -2.33. The Labute approximate surface area is 367 Å². The number of hydrogen-bond donors (Lipinski definition) is 14. The van der Waals surface area contributed by atoms with E-state index in [4.69, 9.17) is 33.2 Å². The molecule has 0 amide bonds. The number of aromatic hydroxyl groups is 4. The molecule has 0 bridgehead atoms. The van der Waals surface area contributed by atoms with E-state index in [9.17, 15) is 76.3 Å². The summed E-state index contributed by atoms with van der Waals surface area (Å²) < 4.78 is 44.1. The van der Waals surface area contributed by atoms with Crippen LogP contribution in [0, 0.1) is 0 Å². The Balaban J connectivity index is 1.07. The van der Waals surface area contributed by atoms with Crippen molar-refractivity contribution in [3.8, 4) is 34.5 Å². The number of fused-ring (bicyclic) bond motifs is 1. The third-order valence-corrected chi connectivity index (χ3v) is 11.0. The second-order valence-electron chi connectivity index (χ2n) is 15.5. The van der Waals surface area contributed by atoms with Crippen LogP contribution < -0.4 is 9.47 Å². The van der Waals surface area contributed by atoms with Crippen LogP contribution in [0.3, 0.4) is 0 Å². The Hall–Kier alpha value is -5.35. The SMILES string of the molecule is O=C(C=Cc1ccc(O)c(OC2OC(CO)C(O)C(O)C2O)c1)OCC1OC(OC2=Cc3c(OC4OC(CO)C(O)C(O)C4O)cc(O)cc3[OH+]C2c2ccc(O)cc2)C(O)C(O)C1O. The van der Waals surface area contributed by atoms with E-state index in [-0.39, 0.29) is 45.6 Å². The van der Waals surface area contributed by atoms with Crippen molar-refractivity contribution >= 4 is 18.1 Å². The first-order chi connectivity index (χ1) is 31.0. The number of carbonyl (C=O) groups excluding carboxylic acids is 1. The number of hydrogen-bond acceptors (Lipinski definition) is 22. The fourth-order valence-electron chi connectivity index (χ4n) is 7.34. The van der Waals surface area contributed by atoms with Crippen LogP contribution >= 0.6 is 0 Å². The third-order valence-electron chi connectivity index (χ3n) is 11.0. The zero-order valence-corrected chi connectivity index (χ0v) is 33.8. The summed E-state index contributed by atoms with van der Waals surface area (Å²) >= 11 is 0. The van der Waals surface area contributed by atoms with Crippen LogP contribution in [0.1, 0.15) is 22.8 Å². The molecule has 15 N–H and O–H groups in total. The van der Waals surface area contributed by atoms with Gasteiger partial charge in [-0.25, -0.2) is 4.79 Å². The van der Waals surface area contributed by atoms with Gasteiger partial charge >= 0.3 is 5.97 Å². The standard InChI is InChI=1S/C42H48O23/c43-13-26-30(49)33(52)36(55)40(63-26)60-23-11-19(46)10-22-20(23)12-25(39(59-22)17-3-5-18(45)6-4-17)62-42-38(57)35(54)32(51)28(65-42)15-58-29(48)8-2-16-1-7-21(47)24(9-16)61-41-37(56)34(53)31(50)27(14-44)64-41/h1-12,26-28,30-47,49-57H,13-15H2/p+1. The lowest BCUT2D eigenvalue weighted by atomic mass is 9.98. The van der Waals surface area contributed by atoms with Crippen molar-refractivity contribution in [2.75, 3.05) is 19.8 Å². The molecule has 65 heavy (non-hydrogen) atoms. The van der Waals surface area contributed by atoms with Crippen LogP contribution in [0.2, 0.25) is 0 Å². The molecule has 23 nitrogen and oxygen atoms in total. The highest BCUT2D eigenvalue weighted by Crippen LogP contribution is 2.47. The Kier molecular flexibility index (Phi) is 14.7. The van der Waals surface area contributed by atoms with Crippen molar-refractivity contribution in [3.63, 3.8) is 0 Å². The molecule has 4 heterocycles. The number of phenolic OH excluding ortho intramolecular Hbond substituents is 3. The Morgan fingerprint density at radius 3 is 1.72 bits per heavy atom. The van der Waals surface area contributed by atoms with E-state index in [0.717, 1.165) is 12.1 Å². The summed E-state index contributed by atoms with van der Waals surface area (Å²) in [6.07, 6.45) is -22.9. The number of ether oxygens (including phenoxy) is 8. The number of rotatable bonds is 13. The minimum atomic E-state index is -1.92. The highest BCUT2D eigenvalue weighted by Gasteiger charge is 2.49. The molecular formula is C42H49O23+. The number of aliphatic hydroxyl groups is 12. The van der Waals surface area contributed by atoms with E-state index in [1.54, 1.807) is 0 Å². The van der Waals surface area contributed by atoms with Gasteiger partial charge in [0.2, 0.25) is 18.9 Å². The first kappa shape index (κ1) is 47.6. The smallest absolute Gasteiger partial charge is 0.330 e. The average Bonchev–Trinajstić information content (AvgIpc) is 3.29. The molecular weight excluding hydrogens is 872 g/mol. The van der Waals surface area contributed by atoms with Crippen molar-refractivity contribution in [1.82, 2.24) is 0 Å². The minimum Gasteiger partial charge on any atom is -0.571 e. The summed E-state index contributed by atoms with van der Waals surface area (Å²) in [7, 11) is 0. The van der Waals surface area contributed by atoms with Crippen molar-refractivity contribution in [1.29, 1.82) is 0 Å². The molecule has 16 atom stereocenters. The molecule has 7 rings (SSSR count). The molecule has 3 aromatic rings. The maximum Gasteiger partial charge on any atom is 0.330 e. The van der Waals surface area contributed by atoms with Crippen LogP contribution in [0.5, 0.6) is 34.5 Å². The third kappa shape index (κ3) is 10.2. The molecule has 0 spiro atoms. The van der Waals surface area contributed by atoms with Gasteiger partial charge in [-0.15, -0.1) is 0 Å². The van der Waals surface area contributed by atoms with E-state index in [1.807, 2.05) is 0 Å². The van der Waals surface area contributed by atoms with Gasteiger partial charge in [0.25, 0.3) is 11.9 Å². The average molecular weight is 922 g/mol. The number of esters is 1. The first-order valence-electron chi connectivity index (χ1n) is 20.0. The lowest BCUT2D eigenvalue weighted by Gasteiger charge is -2.41. The normalized spacial score (nSPS) is 34.8. The molecule has 0 aromatic heterocycles. The molecule has 4 aliphatic heterocycles. The Morgan fingerprint density at radius 1 is 0.600 bits per heavy atom. The zero-order chi connectivity index (χ0) is 46.9. The molecule has 0 saturated carbocycles. The van der Waals surface area contributed by atoms with Crippen LogP contribution in [0.4, 0.5) is 0 Å². The zero-order valence-electron chi connectivity index (χ0n) is 33.8. The molecule has 3 saturated heterocycles. The first-order valence-corrected chi connectivity index (χ1v) is 20.0. The summed E-state index contributed by atoms with van der Waals surface area (Å²) in [6, 6.07) is 11.9. The quantitative estimate of drug-likeness (QED) is 0.0451. The molecule has 23 heteroatoms. The van der Waals surface area contributed by atoms with E-state index in [2.05, 4.69) is 4.74 Å². The molecule has 354 valence electrons. The van der Waals surface area contributed by atoms with E-state index in [0.29, 0.717) is 5.56 Å². The highest BCUT2D eigenvalue weighted by atomic mass is 16.7. The second kappa shape index (κ2) is 20.0. The Morgan fingerprint density at radius 2 is 1.14 bits per heavy atom. The fraction of sp³-hybridized carbons (Fsp3) is 0.452. The summed E-state index contributed by atoms with van der Waals surface area (Å²) in [4.78, 5) is 12.9. The van der Waals surface area contributed by atoms with Crippen LogP contribution in [-0.4, -0.2) is 194 Å². The van der Waals surface area contributed by atoms with Gasteiger partial charge in [-0.2, -0.15) is 0 Å². The Bertz CT molecular complexity index is 2180. The lowest BCUT2D eigenvalue weighted by Crippen LogP contribution is -2.60. The van der Waals surface area contributed by atoms with Crippen LogP contribution in [-0.2, 0) is 28.5 Å². The fourth-order valence-corrected chi connectivity index (χ4v) is 7.34. The predicted molar refractivity (Wildman–Crippen MR) is 213 cm³/mol. The maximum absolute atomic E-state index is 12.9. The summed E-state index contributed by atoms with van der Waals surface area (Å²) in [5, 5.41) is 144. The summed E-state index contributed by atoms with van der Waals surface area (Å²) in [6.45, 7) is -2.16. The minimum absolute atomic E-state index is 0.0895. The predicted octanol–water partition coefficient (Wildman–Crippen LogP) is -3.42. The number of aliphatic hydroxyl groups excluding tert-OH is 11. The summed E-state index contributed by atoms with van der Waals surface area (Å²) in [5.41, 5.74) is 0.742. The van der Waals surface area contributed by atoms with Gasteiger partial charge in [0.1, 0.15) is 103 Å². The van der Waals surface area contributed by atoms with E-state index < -0.39 is 130 Å². The molecule has 4 aliphatic rings. The van der Waals surface area contributed by atoms with Crippen molar-refractivity contribution in [3.05, 3.63) is 83.1 Å². The largest absolute Gasteiger partial charge is 0.571 e.